The van der Waals surface area contributed by atoms with Gasteiger partial charge >= 0.3 is 0 Å². The second-order valence-electron chi connectivity index (χ2n) is 4.89. The van der Waals surface area contributed by atoms with Crippen LogP contribution in [0, 0.1) is 5.41 Å². The fourth-order valence-electron chi connectivity index (χ4n) is 0.411. The zero-order valence-electron chi connectivity index (χ0n) is 11.9. The Labute approximate surface area is 80.8 Å². The Balaban J connectivity index is 5.19. The van der Waals surface area contributed by atoms with Gasteiger partial charge < -0.3 is 0 Å². The van der Waals surface area contributed by atoms with Crippen molar-refractivity contribution >= 4 is 6.19 Å². The summed E-state index contributed by atoms with van der Waals surface area (Å²) in [5, 5.41) is 0. The topological polar surface area (TPSA) is 12.4 Å². The van der Waals surface area contributed by atoms with Gasteiger partial charge in [0.15, 0.2) is 0 Å². The molecule has 0 heterocycles. The minimum atomic E-state index is -0.406. The van der Waals surface area contributed by atoms with Crippen LogP contribution < -0.4 is 0 Å². The molecule has 0 aliphatic heterocycles. The highest BCUT2D eigenvalue weighted by atomic mass is 14.8. The van der Waals surface area contributed by atoms with Crippen molar-refractivity contribution in [2.45, 2.75) is 47.1 Å². The molecule has 0 amide bonds. The van der Waals surface area contributed by atoms with E-state index in [9.17, 15) is 0 Å². The summed E-state index contributed by atoms with van der Waals surface area (Å²) in [4.78, 5) is 4.06. The highest BCUT2D eigenvalue weighted by molar-refractivity contribution is 5.71. The maximum absolute atomic E-state index is 7.76. The van der Waals surface area contributed by atoms with Gasteiger partial charge in [-0.1, -0.05) is 26.8 Å². The van der Waals surface area contributed by atoms with Crippen LogP contribution in [0.3, 0.4) is 0 Å². The van der Waals surface area contributed by atoms with E-state index in [-0.39, 0.29) is 23.8 Å². The molecule has 1 nitrogen and oxygen atoms in total. The average molecular weight is 173 g/mol. The number of aliphatic imine (C=N–C) groups is 1. The van der Waals surface area contributed by atoms with Crippen molar-refractivity contribution in [3.63, 3.8) is 0 Å². The number of hydrogen-bond acceptors (Lipinski definition) is 1. The van der Waals surface area contributed by atoms with Gasteiger partial charge in [-0.2, -0.15) is 0 Å². The summed E-state index contributed by atoms with van der Waals surface area (Å²) in [5.74, 6) is 0. The van der Waals surface area contributed by atoms with Gasteiger partial charge in [0.25, 0.3) is 0 Å². The van der Waals surface area contributed by atoms with Crippen LogP contribution >= 0.6 is 0 Å². The van der Waals surface area contributed by atoms with Crippen LogP contribution in [0.2, 0.25) is 0 Å². The standard InChI is InChI=1S/C11H21N/c1-10(2,3)8-7-9-12-11(4,5)6/h7-9H,1-6H3/b8-7-,12-9-/i7T,8T,9T. The van der Waals surface area contributed by atoms with E-state index in [0.29, 0.717) is 0 Å². The van der Waals surface area contributed by atoms with Crippen LogP contribution in [0.25, 0.3) is 0 Å². The first kappa shape index (κ1) is 6.88. The van der Waals surface area contributed by atoms with Gasteiger partial charge in [-0.05, 0) is 32.2 Å². The third kappa shape index (κ3) is 9.41. The van der Waals surface area contributed by atoms with E-state index < -0.39 is 5.41 Å². The van der Waals surface area contributed by atoms with E-state index in [1.165, 1.54) is 0 Å². The van der Waals surface area contributed by atoms with Crippen LogP contribution in [-0.2, 0) is 0 Å². The fraction of sp³-hybridized carbons (Fsp3) is 0.727. The summed E-state index contributed by atoms with van der Waals surface area (Å²) in [7, 11) is 0. The Morgan fingerprint density at radius 1 is 1.08 bits per heavy atom. The summed E-state index contributed by atoms with van der Waals surface area (Å²) in [5.41, 5.74) is -0.779. The van der Waals surface area contributed by atoms with Gasteiger partial charge in [0.1, 0.15) is 0 Å². The molecular weight excluding hydrogens is 146 g/mol. The van der Waals surface area contributed by atoms with Gasteiger partial charge in [-0.25, -0.2) is 0 Å². The van der Waals surface area contributed by atoms with E-state index in [1.807, 2.05) is 41.5 Å². The monoisotopic (exact) mass is 173 g/mol. The SMILES string of the molecule is [3H]C(=N/C(C)(C)C)/C([3H])=C(/[3H])C(C)(C)C. The Hall–Kier alpha value is -0.590. The lowest BCUT2D eigenvalue weighted by Crippen LogP contribution is -2.09. The van der Waals surface area contributed by atoms with Crippen molar-refractivity contribution in [3.8, 4) is 0 Å². The van der Waals surface area contributed by atoms with Gasteiger partial charge in [0, 0.05) is 6.19 Å². The maximum Gasteiger partial charge on any atom is 0.0835 e. The molecule has 0 spiro atoms. The molecule has 0 unspecified atom stereocenters. The summed E-state index contributed by atoms with van der Waals surface area (Å²) in [6.45, 7) is 11.2. The molecule has 0 aliphatic carbocycles. The van der Waals surface area contributed by atoms with Crippen molar-refractivity contribution in [1.29, 1.82) is 0 Å². The predicted molar refractivity (Wildman–Crippen MR) is 56.8 cm³/mol. The second kappa shape index (κ2) is 3.88. The molecule has 0 fully saturated rings. The van der Waals surface area contributed by atoms with Gasteiger partial charge in [0.05, 0.1) is 9.65 Å². The molecule has 0 bridgehead atoms. The molecule has 12 heavy (non-hydrogen) atoms. The molecule has 0 rings (SSSR count). The third-order valence-electron chi connectivity index (χ3n) is 0.885. The summed E-state index contributed by atoms with van der Waals surface area (Å²) >= 11 is 0. The van der Waals surface area contributed by atoms with Crippen molar-refractivity contribution in [3.05, 3.63) is 12.1 Å². The van der Waals surface area contributed by atoms with Crippen LogP contribution in [0.4, 0.5) is 0 Å². The highest BCUT2D eigenvalue weighted by Gasteiger charge is 2.04. The molecule has 0 aromatic carbocycles. The van der Waals surface area contributed by atoms with Gasteiger partial charge in [-0.3, -0.25) is 4.99 Å². The summed E-state index contributed by atoms with van der Waals surface area (Å²) in [6.07, 6.45) is -0.109. The zero-order chi connectivity index (χ0) is 12.4. The molecule has 0 N–H and O–H groups in total. The molecule has 0 aliphatic rings. The Kier molecular flexibility index (Phi) is 2.22. The molecule has 0 saturated carbocycles. The average Bonchev–Trinajstić information content (AvgIpc) is 1.96. The molecule has 70 valence electrons. The van der Waals surface area contributed by atoms with Crippen LogP contribution in [0.1, 0.15) is 45.7 Å². The third-order valence-corrected chi connectivity index (χ3v) is 0.885. The molecule has 0 aromatic rings. The van der Waals surface area contributed by atoms with Crippen molar-refractivity contribution in [1.82, 2.24) is 0 Å². The van der Waals surface area contributed by atoms with Gasteiger partial charge in [0.2, 0.25) is 0 Å². The Bertz CT molecular complexity index is 290. The number of rotatable bonds is 1. The lowest BCUT2D eigenvalue weighted by atomic mass is 9.96. The van der Waals surface area contributed by atoms with E-state index in [4.69, 9.17) is 4.11 Å². The van der Waals surface area contributed by atoms with Crippen LogP contribution in [0.5, 0.6) is 0 Å². The molecule has 0 radical (unpaired) electrons. The van der Waals surface area contributed by atoms with E-state index in [1.54, 1.807) is 0 Å². The number of nitrogens with zero attached hydrogens (tertiary/aromatic N) is 1. The van der Waals surface area contributed by atoms with Crippen LogP contribution in [-0.4, -0.2) is 11.7 Å². The fourth-order valence-corrected chi connectivity index (χ4v) is 0.411. The molecule has 0 aromatic heterocycles. The summed E-state index contributed by atoms with van der Waals surface area (Å²) < 4.78 is 23.1. The first-order chi connectivity index (χ1) is 6.45. The molecule has 0 saturated heterocycles. The lowest BCUT2D eigenvalue weighted by molar-refractivity contribution is 0.544. The molecule has 0 atom stereocenters. The maximum atomic E-state index is 7.76. The second-order valence-corrected chi connectivity index (χ2v) is 4.89. The van der Waals surface area contributed by atoms with Crippen LogP contribution in [0.15, 0.2) is 17.1 Å². The van der Waals surface area contributed by atoms with E-state index >= 15 is 0 Å². The Morgan fingerprint density at radius 2 is 1.58 bits per heavy atom. The van der Waals surface area contributed by atoms with E-state index in [2.05, 4.69) is 4.99 Å². The number of allylic oxidation sites excluding steroid dienone is 2. The zero-order valence-corrected chi connectivity index (χ0v) is 8.95. The summed E-state index contributed by atoms with van der Waals surface area (Å²) in [6, 6.07) is 0.0675. The lowest BCUT2D eigenvalue weighted by Gasteiger charge is -2.11. The van der Waals surface area contributed by atoms with E-state index in [0.717, 1.165) is 0 Å². The first-order valence-electron chi connectivity index (χ1n) is 5.70. The Morgan fingerprint density at radius 3 is 1.92 bits per heavy atom. The smallest absolute Gasteiger partial charge is 0.0835 e. The largest absolute Gasteiger partial charge is 0.287 e. The first-order valence-corrected chi connectivity index (χ1v) is 4.20. The van der Waals surface area contributed by atoms with Gasteiger partial charge in [-0.15, -0.1) is 0 Å². The molecular formula is C11H21N. The van der Waals surface area contributed by atoms with Crippen molar-refractivity contribution < 1.29 is 4.11 Å². The van der Waals surface area contributed by atoms with Crippen molar-refractivity contribution in [2.75, 3.05) is 0 Å². The molecule has 1 heteroatoms. The highest BCUT2D eigenvalue weighted by Crippen LogP contribution is 2.13. The predicted octanol–water partition coefficient (Wildman–Crippen LogP) is 3.46. The minimum Gasteiger partial charge on any atom is -0.287 e. The number of hydrogen-bond donors (Lipinski definition) is 0. The minimum absolute atomic E-state index is 0.0857. The quantitative estimate of drug-likeness (QED) is 0.538. The van der Waals surface area contributed by atoms with Crippen molar-refractivity contribution in [2.24, 2.45) is 10.4 Å². The normalized spacial score (nSPS) is 20.8.